The van der Waals surface area contributed by atoms with E-state index in [9.17, 15) is 35.2 Å². The number of esters is 1. The number of hydrogen-bond acceptors (Lipinski definition) is 13. The van der Waals surface area contributed by atoms with E-state index in [-0.39, 0.29) is 13.2 Å². The van der Waals surface area contributed by atoms with E-state index in [1.807, 2.05) is 0 Å². The van der Waals surface area contributed by atoms with Crippen molar-refractivity contribution in [3.8, 4) is 0 Å². The molecule has 5 N–H and O–H groups in total. The predicted molar refractivity (Wildman–Crippen MR) is 147 cm³/mol. The molecule has 0 radical (unpaired) electrons. The van der Waals surface area contributed by atoms with Gasteiger partial charge in [0.2, 0.25) is 0 Å². The van der Waals surface area contributed by atoms with E-state index < -0.39 is 73.9 Å². The number of hydrogen-bond donors (Lipinski definition) is 5. The Bertz CT molecular complexity index is 728. The Morgan fingerprint density at radius 2 is 1.32 bits per heavy atom. The first-order valence-electron chi connectivity index (χ1n) is 15.1. The van der Waals surface area contributed by atoms with Crippen molar-refractivity contribution in [1.82, 2.24) is 0 Å². The van der Waals surface area contributed by atoms with Gasteiger partial charge in [-0.25, -0.2) is 0 Å². The number of aliphatic hydroxyl groups is 5. The predicted octanol–water partition coefficient (Wildman–Crippen LogP) is 1.67. The summed E-state index contributed by atoms with van der Waals surface area (Å²) in [6.45, 7) is 2.65. The first kappa shape index (κ1) is 35.9. The number of ether oxygens (including phenoxy) is 5. The van der Waals surface area contributed by atoms with Crippen molar-refractivity contribution in [2.75, 3.05) is 19.8 Å². The molecule has 0 aromatic heterocycles. The van der Waals surface area contributed by atoms with Gasteiger partial charge in [-0.05, 0) is 6.42 Å². The van der Waals surface area contributed by atoms with E-state index in [1.165, 1.54) is 58.3 Å². The minimum atomic E-state index is -1.75. The van der Waals surface area contributed by atoms with Crippen LogP contribution in [0.15, 0.2) is 5.18 Å². The Labute approximate surface area is 242 Å². The van der Waals surface area contributed by atoms with Crippen molar-refractivity contribution < 1.29 is 54.0 Å². The monoisotopic (exact) mass is 593 g/mol. The summed E-state index contributed by atoms with van der Waals surface area (Å²) in [6, 6.07) is -1.43. The number of carbonyl (C=O) groups excluding carboxylic acids is 1. The second-order valence-electron chi connectivity index (χ2n) is 11.0. The fourth-order valence-corrected chi connectivity index (χ4v) is 5.13. The van der Waals surface area contributed by atoms with E-state index in [0.29, 0.717) is 6.42 Å². The van der Waals surface area contributed by atoms with E-state index in [2.05, 4.69) is 12.1 Å². The van der Waals surface area contributed by atoms with Crippen LogP contribution >= 0.6 is 0 Å². The second kappa shape index (κ2) is 19.8. The molecule has 41 heavy (non-hydrogen) atoms. The van der Waals surface area contributed by atoms with Crippen molar-refractivity contribution >= 4 is 5.97 Å². The van der Waals surface area contributed by atoms with Crippen LogP contribution in [0.1, 0.15) is 90.9 Å². The average Bonchev–Trinajstić information content (AvgIpc) is 2.96. The first-order chi connectivity index (χ1) is 19.7. The van der Waals surface area contributed by atoms with E-state index >= 15 is 0 Å². The van der Waals surface area contributed by atoms with Crippen LogP contribution in [0.25, 0.3) is 0 Å². The number of nitrogens with zero attached hydrogens (tertiary/aromatic N) is 1. The van der Waals surface area contributed by atoms with Crippen molar-refractivity contribution in [3.05, 3.63) is 4.91 Å². The third kappa shape index (κ3) is 11.7. The summed E-state index contributed by atoms with van der Waals surface area (Å²) in [5.74, 6) is -0.594. The highest BCUT2D eigenvalue weighted by Crippen LogP contribution is 2.31. The summed E-state index contributed by atoms with van der Waals surface area (Å²) >= 11 is 0. The molecule has 0 saturated carbocycles. The van der Waals surface area contributed by atoms with Gasteiger partial charge in [0.15, 0.2) is 12.6 Å². The number of rotatable bonds is 20. The average molecular weight is 594 g/mol. The van der Waals surface area contributed by atoms with Crippen molar-refractivity contribution in [1.29, 1.82) is 0 Å². The number of nitroso groups, excluding NO2 is 1. The van der Waals surface area contributed by atoms with Gasteiger partial charge < -0.3 is 49.2 Å². The van der Waals surface area contributed by atoms with Gasteiger partial charge in [-0.2, -0.15) is 4.91 Å². The Balaban J connectivity index is 1.88. The molecule has 0 aromatic carbocycles. The molecular formula is C28H51NO12. The van der Waals surface area contributed by atoms with Crippen LogP contribution in [-0.4, -0.2) is 113 Å². The Morgan fingerprint density at radius 3 is 1.85 bits per heavy atom. The van der Waals surface area contributed by atoms with E-state index in [1.54, 1.807) is 0 Å². The molecular weight excluding hydrogens is 542 g/mol. The summed E-state index contributed by atoms with van der Waals surface area (Å²) in [6.07, 6.45) is 0.829. The van der Waals surface area contributed by atoms with E-state index in [0.717, 1.165) is 19.3 Å². The lowest BCUT2D eigenvalue weighted by molar-refractivity contribution is -0.360. The lowest BCUT2D eigenvalue weighted by Crippen LogP contribution is -2.64. The van der Waals surface area contributed by atoms with Crippen LogP contribution in [0.3, 0.4) is 0 Å². The van der Waals surface area contributed by atoms with Gasteiger partial charge in [-0.3, -0.25) is 4.79 Å². The van der Waals surface area contributed by atoms with Gasteiger partial charge in [0.1, 0.15) is 55.4 Å². The summed E-state index contributed by atoms with van der Waals surface area (Å²) in [7, 11) is 0. The molecule has 2 aliphatic heterocycles. The van der Waals surface area contributed by atoms with Crippen LogP contribution in [0, 0.1) is 4.91 Å². The largest absolute Gasteiger partial charge is 0.463 e. The SMILES string of the molecule is CCCCCCCCCCCCCCOC1OC(COC(C)=O)C(O)C(O)C1OC1OC(CO)C(N=O)C(O)C1O. The van der Waals surface area contributed by atoms with Crippen molar-refractivity contribution in [2.24, 2.45) is 5.18 Å². The van der Waals surface area contributed by atoms with Gasteiger partial charge in [-0.1, -0.05) is 82.7 Å². The maximum atomic E-state index is 11.3. The van der Waals surface area contributed by atoms with Crippen LogP contribution in [0.2, 0.25) is 0 Å². The van der Waals surface area contributed by atoms with Crippen molar-refractivity contribution in [2.45, 2.75) is 152 Å². The molecule has 10 atom stereocenters. The molecule has 2 aliphatic rings. The van der Waals surface area contributed by atoms with Crippen molar-refractivity contribution in [3.63, 3.8) is 0 Å². The summed E-state index contributed by atoms with van der Waals surface area (Å²) in [4.78, 5) is 22.3. The first-order valence-corrected chi connectivity index (χ1v) is 15.1. The maximum Gasteiger partial charge on any atom is 0.302 e. The van der Waals surface area contributed by atoms with Gasteiger partial charge in [0.05, 0.1) is 6.61 Å². The molecule has 240 valence electrons. The van der Waals surface area contributed by atoms with Crippen LogP contribution in [0.4, 0.5) is 0 Å². The molecule has 0 aliphatic carbocycles. The lowest BCUT2D eigenvalue weighted by atomic mass is 9.96. The highest BCUT2D eigenvalue weighted by atomic mass is 16.8. The Morgan fingerprint density at radius 1 is 0.756 bits per heavy atom. The maximum absolute atomic E-state index is 11.3. The van der Waals surface area contributed by atoms with Crippen LogP contribution in [0.5, 0.6) is 0 Å². The minimum absolute atomic E-state index is 0.248. The number of aliphatic hydroxyl groups excluding tert-OH is 5. The van der Waals surface area contributed by atoms with Crippen LogP contribution in [-0.2, 0) is 28.5 Å². The molecule has 0 aromatic rings. The molecule has 2 heterocycles. The Kier molecular flexibility index (Phi) is 17.4. The zero-order valence-corrected chi connectivity index (χ0v) is 24.4. The van der Waals surface area contributed by atoms with Gasteiger partial charge in [-0.15, -0.1) is 0 Å². The van der Waals surface area contributed by atoms with Gasteiger partial charge in [0, 0.05) is 13.5 Å². The summed E-state index contributed by atoms with van der Waals surface area (Å²) in [5, 5.41) is 54.5. The zero-order valence-electron chi connectivity index (χ0n) is 24.4. The zero-order chi connectivity index (χ0) is 30.2. The smallest absolute Gasteiger partial charge is 0.302 e. The van der Waals surface area contributed by atoms with E-state index in [4.69, 9.17) is 23.7 Å². The molecule has 2 saturated heterocycles. The van der Waals surface area contributed by atoms with Gasteiger partial charge in [0.25, 0.3) is 0 Å². The fraction of sp³-hybridized carbons (Fsp3) is 0.964. The molecule has 13 nitrogen and oxygen atoms in total. The number of carbonyl (C=O) groups is 1. The highest BCUT2D eigenvalue weighted by Gasteiger charge is 2.51. The Hall–Kier alpha value is -1.29. The summed E-state index contributed by atoms with van der Waals surface area (Å²) < 4.78 is 27.7. The highest BCUT2D eigenvalue weighted by molar-refractivity contribution is 5.65. The van der Waals surface area contributed by atoms with Gasteiger partial charge >= 0.3 is 5.97 Å². The second-order valence-corrected chi connectivity index (χ2v) is 11.0. The standard InChI is InChI=1S/C28H51NO12/c1-3-4-5-6-7-8-9-10-11-12-13-14-15-37-28-26(24(34)22(32)20(40-28)17-38-18(2)31)41-27-25(35)23(33)21(29-36)19(16-30)39-27/h19-28,30,32-35H,3-17H2,1-2H3. The fourth-order valence-electron chi connectivity index (χ4n) is 5.13. The quantitative estimate of drug-likeness (QED) is 0.0780. The van der Waals surface area contributed by atoms with Crippen LogP contribution < -0.4 is 0 Å². The molecule has 2 fully saturated rings. The number of unbranched alkanes of at least 4 members (excludes halogenated alkanes) is 11. The topological polar surface area (TPSA) is 194 Å². The molecule has 0 spiro atoms. The third-order valence-corrected chi connectivity index (χ3v) is 7.64. The molecule has 0 amide bonds. The molecule has 0 bridgehead atoms. The minimum Gasteiger partial charge on any atom is -0.463 e. The third-order valence-electron chi connectivity index (χ3n) is 7.64. The lowest BCUT2D eigenvalue weighted by Gasteiger charge is -2.45. The molecule has 2 rings (SSSR count). The molecule has 13 heteroatoms. The molecule has 10 unspecified atom stereocenters. The summed E-state index contributed by atoms with van der Waals surface area (Å²) in [5.41, 5.74) is 0. The normalized spacial score (nSPS) is 33.9.